The Labute approximate surface area is 110 Å². The summed E-state index contributed by atoms with van der Waals surface area (Å²) >= 11 is 0. The van der Waals surface area contributed by atoms with Gasteiger partial charge in [0.25, 0.3) is 5.69 Å². The summed E-state index contributed by atoms with van der Waals surface area (Å²) in [5.74, 6) is 4.59. The summed E-state index contributed by atoms with van der Waals surface area (Å²) in [6, 6.07) is 4.34. The van der Waals surface area contributed by atoms with Crippen LogP contribution in [0.15, 0.2) is 18.2 Å². The van der Waals surface area contributed by atoms with Gasteiger partial charge in [-0.05, 0) is 13.1 Å². The van der Waals surface area contributed by atoms with Crippen LogP contribution in [-0.2, 0) is 11.2 Å². The summed E-state index contributed by atoms with van der Waals surface area (Å²) < 4.78 is 0. The van der Waals surface area contributed by atoms with Crippen molar-refractivity contribution in [2.75, 3.05) is 13.6 Å². The van der Waals surface area contributed by atoms with Gasteiger partial charge in [0, 0.05) is 30.2 Å². The molecule has 0 heterocycles. The van der Waals surface area contributed by atoms with Gasteiger partial charge in [0.15, 0.2) is 0 Å². The van der Waals surface area contributed by atoms with Gasteiger partial charge in [-0.2, -0.15) is 0 Å². The number of aliphatic carboxylic acids is 1. The molecule has 0 atom stereocenters. The topological polar surface area (TPSA) is 92.5 Å². The minimum absolute atomic E-state index is 0.179. The molecule has 0 saturated carbocycles. The van der Waals surface area contributed by atoms with Gasteiger partial charge < -0.3 is 10.4 Å². The van der Waals surface area contributed by atoms with E-state index in [2.05, 4.69) is 17.2 Å². The van der Waals surface area contributed by atoms with Gasteiger partial charge in [0.05, 0.1) is 11.3 Å². The average molecular weight is 262 g/mol. The minimum Gasteiger partial charge on any atom is -0.481 e. The molecule has 0 aliphatic rings. The molecular weight excluding hydrogens is 248 g/mol. The first-order chi connectivity index (χ1) is 9.04. The molecule has 19 heavy (non-hydrogen) atoms. The van der Waals surface area contributed by atoms with Crippen molar-refractivity contribution in [3.63, 3.8) is 0 Å². The Balaban J connectivity index is 2.98. The van der Waals surface area contributed by atoms with Crippen molar-refractivity contribution < 1.29 is 14.8 Å². The van der Waals surface area contributed by atoms with Crippen molar-refractivity contribution >= 4 is 11.7 Å². The second kappa shape index (κ2) is 7.13. The highest BCUT2D eigenvalue weighted by atomic mass is 16.6. The van der Waals surface area contributed by atoms with Gasteiger partial charge in [-0.15, -0.1) is 0 Å². The highest BCUT2D eigenvalue weighted by molar-refractivity contribution is 5.72. The zero-order valence-electron chi connectivity index (χ0n) is 10.5. The van der Waals surface area contributed by atoms with Crippen molar-refractivity contribution in [1.29, 1.82) is 0 Å². The van der Waals surface area contributed by atoms with Crippen molar-refractivity contribution in [3.8, 4) is 11.8 Å². The zero-order chi connectivity index (χ0) is 14.3. The van der Waals surface area contributed by atoms with E-state index in [4.69, 9.17) is 5.11 Å². The van der Waals surface area contributed by atoms with E-state index in [0.29, 0.717) is 12.0 Å². The second-order valence-electron chi connectivity index (χ2n) is 3.83. The molecule has 0 aliphatic carbocycles. The highest BCUT2D eigenvalue weighted by Crippen LogP contribution is 2.20. The standard InChI is InChI=1S/C13H14N2O4/c1-14-7-3-2-4-10-5-6-11(9-13(16)17)12(8-10)15(18)19/h5-6,8,14H,3,7,9H2,1H3,(H,16,17). The Morgan fingerprint density at radius 1 is 1.53 bits per heavy atom. The Morgan fingerprint density at radius 3 is 2.84 bits per heavy atom. The molecule has 1 aromatic rings. The molecule has 1 rings (SSSR count). The fourth-order valence-corrected chi connectivity index (χ4v) is 1.48. The minimum atomic E-state index is -1.10. The maximum atomic E-state index is 10.9. The fourth-order valence-electron chi connectivity index (χ4n) is 1.48. The predicted octanol–water partition coefficient (Wildman–Crippen LogP) is 1.18. The number of nitrogens with one attached hydrogen (secondary N) is 1. The number of nitrogens with zero attached hydrogens (tertiary/aromatic N) is 1. The lowest BCUT2D eigenvalue weighted by molar-refractivity contribution is -0.385. The van der Waals surface area contributed by atoms with Gasteiger partial charge in [-0.3, -0.25) is 14.9 Å². The third-order valence-corrected chi connectivity index (χ3v) is 2.36. The quantitative estimate of drug-likeness (QED) is 0.360. The van der Waals surface area contributed by atoms with Crippen LogP contribution in [0.5, 0.6) is 0 Å². The number of carbonyl (C=O) groups is 1. The van der Waals surface area contributed by atoms with Gasteiger partial charge in [-0.25, -0.2) is 0 Å². The third kappa shape index (κ3) is 4.77. The number of carboxylic acids is 1. The van der Waals surface area contributed by atoms with Crippen LogP contribution in [0.2, 0.25) is 0 Å². The van der Waals surface area contributed by atoms with Crippen LogP contribution in [0.25, 0.3) is 0 Å². The van der Waals surface area contributed by atoms with Gasteiger partial charge in [0.2, 0.25) is 0 Å². The number of rotatable bonds is 5. The zero-order valence-corrected chi connectivity index (χ0v) is 10.5. The number of hydrogen-bond acceptors (Lipinski definition) is 4. The molecule has 0 saturated heterocycles. The molecule has 6 nitrogen and oxygen atoms in total. The molecule has 0 aromatic heterocycles. The van der Waals surface area contributed by atoms with Crippen molar-refractivity contribution in [1.82, 2.24) is 5.32 Å². The molecule has 0 spiro atoms. The molecule has 0 aliphatic heterocycles. The molecule has 0 unspecified atom stereocenters. The maximum absolute atomic E-state index is 10.9. The van der Waals surface area contributed by atoms with E-state index in [1.807, 2.05) is 7.05 Å². The Hall–Kier alpha value is -2.39. The average Bonchev–Trinajstić information content (AvgIpc) is 2.35. The van der Waals surface area contributed by atoms with Gasteiger partial charge in [0.1, 0.15) is 0 Å². The normalized spacial score (nSPS) is 9.53. The van der Waals surface area contributed by atoms with Crippen LogP contribution in [0.1, 0.15) is 17.5 Å². The Bertz CT molecular complexity index is 543. The molecule has 0 amide bonds. The van der Waals surface area contributed by atoms with Crippen LogP contribution in [-0.4, -0.2) is 29.6 Å². The third-order valence-electron chi connectivity index (χ3n) is 2.36. The molecule has 2 N–H and O–H groups in total. The number of nitro benzene ring substituents is 1. The summed E-state index contributed by atoms with van der Waals surface area (Å²) in [6.07, 6.45) is 0.269. The summed E-state index contributed by atoms with van der Waals surface area (Å²) in [4.78, 5) is 20.9. The van der Waals surface area contributed by atoms with E-state index < -0.39 is 10.9 Å². The largest absolute Gasteiger partial charge is 0.481 e. The van der Waals surface area contributed by atoms with Crippen molar-refractivity contribution in [2.45, 2.75) is 12.8 Å². The molecule has 0 fully saturated rings. The predicted molar refractivity (Wildman–Crippen MR) is 69.9 cm³/mol. The summed E-state index contributed by atoms with van der Waals surface area (Å²) in [5, 5.41) is 22.5. The van der Waals surface area contributed by atoms with Crippen molar-refractivity contribution in [2.24, 2.45) is 0 Å². The highest BCUT2D eigenvalue weighted by Gasteiger charge is 2.16. The smallest absolute Gasteiger partial charge is 0.308 e. The van der Waals surface area contributed by atoms with E-state index in [9.17, 15) is 14.9 Å². The molecule has 100 valence electrons. The maximum Gasteiger partial charge on any atom is 0.308 e. The van der Waals surface area contributed by atoms with E-state index in [1.165, 1.54) is 12.1 Å². The molecule has 6 heteroatoms. The Kier molecular flexibility index (Phi) is 5.51. The van der Waals surface area contributed by atoms with Crippen molar-refractivity contribution in [3.05, 3.63) is 39.4 Å². The first-order valence-electron chi connectivity index (χ1n) is 5.67. The lowest BCUT2D eigenvalue weighted by atomic mass is 10.1. The fraction of sp³-hybridized carbons (Fsp3) is 0.308. The van der Waals surface area contributed by atoms with Crippen LogP contribution < -0.4 is 5.32 Å². The lowest BCUT2D eigenvalue weighted by Crippen LogP contribution is -2.06. The summed E-state index contributed by atoms with van der Waals surface area (Å²) in [6.45, 7) is 0.742. The second-order valence-corrected chi connectivity index (χ2v) is 3.83. The van der Waals surface area contributed by atoms with E-state index in [-0.39, 0.29) is 17.7 Å². The molecule has 0 radical (unpaired) electrons. The summed E-state index contributed by atoms with van der Waals surface area (Å²) in [7, 11) is 1.81. The van der Waals surface area contributed by atoms with Crippen LogP contribution in [0, 0.1) is 22.0 Å². The first-order valence-corrected chi connectivity index (χ1v) is 5.67. The van der Waals surface area contributed by atoms with Gasteiger partial charge >= 0.3 is 5.97 Å². The van der Waals surface area contributed by atoms with Crippen LogP contribution >= 0.6 is 0 Å². The summed E-state index contributed by atoms with van der Waals surface area (Å²) in [5.41, 5.74) is 0.484. The first kappa shape index (κ1) is 14.7. The van der Waals surface area contributed by atoms with Crippen LogP contribution in [0.3, 0.4) is 0 Å². The molecular formula is C13H14N2O4. The van der Waals surface area contributed by atoms with E-state index in [0.717, 1.165) is 6.54 Å². The SMILES string of the molecule is CNCCC#Cc1ccc(CC(=O)O)c([N+](=O)[O-])c1. The van der Waals surface area contributed by atoms with E-state index >= 15 is 0 Å². The number of nitro groups is 1. The number of carboxylic acid groups (broad SMARTS) is 1. The van der Waals surface area contributed by atoms with Crippen LogP contribution in [0.4, 0.5) is 5.69 Å². The number of hydrogen-bond donors (Lipinski definition) is 2. The Morgan fingerprint density at radius 2 is 2.26 bits per heavy atom. The molecule has 0 bridgehead atoms. The number of benzene rings is 1. The molecule has 1 aromatic carbocycles. The van der Waals surface area contributed by atoms with E-state index in [1.54, 1.807) is 6.07 Å². The lowest BCUT2D eigenvalue weighted by Gasteiger charge is -2.00. The monoisotopic (exact) mass is 262 g/mol. The van der Waals surface area contributed by atoms with Gasteiger partial charge in [-0.1, -0.05) is 17.9 Å².